The van der Waals surface area contributed by atoms with Gasteiger partial charge < -0.3 is 14.5 Å². The van der Waals surface area contributed by atoms with E-state index in [-0.39, 0.29) is 11.8 Å². The van der Waals surface area contributed by atoms with Gasteiger partial charge in [-0.25, -0.2) is 0 Å². The van der Waals surface area contributed by atoms with E-state index in [1.165, 1.54) is 11.3 Å². The summed E-state index contributed by atoms with van der Waals surface area (Å²) in [6, 6.07) is 6.48. The average Bonchev–Trinajstić information content (AvgIpc) is 2.90. The molecule has 4 heteroatoms. The first-order valence-corrected chi connectivity index (χ1v) is 7.44. The molecule has 0 N–H and O–H groups in total. The number of nitrogens with zero attached hydrogens (tertiary/aromatic N) is 2. The summed E-state index contributed by atoms with van der Waals surface area (Å²) in [5.41, 5.74) is 3.65. The van der Waals surface area contributed by atoms with E-state index in [0.717, 1.165) is 45.0 Å². The van der Waals surface area contributed by atoms with Gasteiger partial charge in [-0.2, -0.15) is 0 Å². The van der Waals surface area contributed by atoms with Crippen molar-refractivity contribution in [3.8, 4) is 0 Å². The van der Waals surface area contributed by atoms with Crippen LogP contribution in [0.1, 0.15) is 19.4 Å². The number of fused-ring (bicyclic) bond motifs is 1. The highest BCUT2D eigenvalue weighted by atomic mass is 16.5. The van der Waals surface area contributed by atoms with Crippen LogP contribution in [0, 0.1) is 5.92 Å². The van der Waals surface area contributed by atoms with Crippen molar-refractivity contribution in [1.82, 2.24) is 0 Å². The van der Waals surface area contributed by atoms with Gasteiger partial charge in [-0.1, -0.05) is 13.8 Å². The number of morpholine rings is 1. The maximum Gasteiger partial charge on any atom is 0.229 e. The van der Waals surface area contributed by atoms with Crippen molar-refractivity contribution in [2.24, 2.45) is 5.92 Å². The second-order valence-corrected chi connectivity index (χ2v) is 5.81. The zero-order valence-corrected chi connectivity index (χ0v) is 12.3. The van der Waals surface area contributed by atoms with E-state index in [1.54, 1.807) is 0 Å². The van der Waals surface area contributed by atoms with E-state index in [1.807, 2.05) is 18.7 Å². The van der Waals surface area contributed by atoms with E-state index in [4.69, 9.17) is 4.74 Å². The van der Waals surface area contributed by atoms with Gasteiger partial charge in [0.2, 0.25) is 5.91 Å². The summed E-state index contributed by atoms with van der Waals surface area (Å²) in [5.74, 6) is 0.280. The second kappa shape index (κ2) is 5.44. The van der Waals surface area contributed by atoms with Crippen LogP contribution < -0.4 is 9.80 Å². The molecule has 0 aromatic heterocycles. The Hall–Kier alpha value is -1.55. The third-order valence-corrected chi connectivity index (χ3v) is 4.09. The minimum Gasteiger partial charge on any atom is -0.378 e. The summed E-state index contributed by atoms with van der Waals surface area (Å²) in [6.45, 7) is 8.24. The summed E-state index contributed by atoms with van der Waals surface area (Å²) >= 11 is 0. The first-order valence-electron chi connectivity index (χ1n) is 7.44. The Morgan fingerprint density at radius 2 is 1.95 bits per heavy atom. The lowest BCUT2D eigenvalue weighted by Crippen LogP contribution is -2.36. The Balaban J connectivity index is 1.82. The lowest BCUT2D eigenvalue weighted by molar-refractivity contribution is -0.121. The minimum atomic E-state index is 0.0554. The molecule has 1 aromatic rings. The fourth-order valence-corrected chi connectivity index (χ4v) is 2.95. The fraction of sp³-hybridized carbons (Fsp3) is 0.562. The molecule has 0 radical (unpaired) electrons. The standard InChI is InChI=1S/C16H22N2O2/c1-12(2)16(19)18-6-5-13-11-14(3-4-15(13)18)17-7-9-20-10-8-17/h3-4,11-12H,5-10H2,1-2H3. The van der Waals surface area contributed by atoms with Gasteiger partial charge in [0.25, 0.3) is 0 Å². The van der Waals surface area contributed by atoms with E-state index in [9.17, 15) is 4.79 Å². The Morgan fingerprint density at radius 1 is 1.20 bits per heavy atom. The molecule has 0 aliphatic carbocycles. The molecule has 1 saturated heterocycles. The highest BCUT2D eigenvalue weighted by molar-refractivity contribution is 5.96. The monoisotopic (exact) mass is 274 g/mol. The van der Waals surface area contributed by atoms with Crippen LogP contribution in [-0.2, 0) is 16.0 Å². The van der Waals surface area contributed by atoms with Gasteiger partial charge in [0.15, 0.2) is 0 Å². The molecule has 4 nitrogen and oxygen atoms in total. The Kier molecular flexibility index (Phi) is 3.66. The quantitative estimate of drug-likeness (QED) is 0.827. The third kappa shape index (κ3) is 2.40. The molecule has 1 amide bonds. The Bertz CT molecular complexity index is 507. The summed E-state index contributed by atoms with van der Waals surface area (Å²) in [5, 5.41) is 0. The topological polar surface area (TPSA) is 32.8 Å². The lowest BCUT2D eigenvalue weighted by Gasteiger charge is -2.29. The van der Waals surface area contributed by atoms with Crippen molar-refractivity contribution in [2.75, 3.05) is 42.6 Å². The molecule has 0 unspecified atom stereocenters. The van der Waals surface area contributed by atoms with Gasteiger partial charge >= 0.3 is 0 Å². The van der Waals surface area contributed by atoms with Gasteiger partial charge in [-0.05, 0) is 30.2 Å². The second-order valence-electron chi connectivity index (χ2n) is 5.81. The number of benzene rings is 1. The molecular weight excluding hydrogens is 252 g/mol. The summed E-state index contributed by atoms with van der Waals surface area (Å²) in [7, 11) is 0. The predicted octanol–water partition coefficient (Wildman–Crippen LogP) is 2.07. The number of rotatable bonds is 2. The molecule has 2 aliphatic heterocycles. The minimum absolute atomic E-state index is 0.0554. The molecule has 20 heavy (non-hydrogen) atoms. The molecule has 108 valence electrons. The summed E-state index contributed by atoms with van der Waals surface area (Å²) < 4.78 is 5.39. The first kappa shape index (κ1) is 13.4. The summed E-state index contributed by atoms with van der Waals surface area (Å²) in [4.78, 5) is 16.5. The van der Waals surface area contributed by atoms with Gasteiger partial charge in [0.05, 0.1) is 13.2 Å². The van der Waals surface area contributed by atoms with Gasteiger partial charge in [-0.3, -0.25) is 4.79 Å². The number of amides is 1. The van der Waals surface area contributed by atoms with E-state index < -0.39 is 0 Å². The van der Waals surface area contributed by atoms with Crippen molar-refractivity contribution >= 4 is 17.3 Å². The van der Waals surface area contributed by atoms with Crippen LogP contribution >= 0.6 is 0 Å². The number of hydrogen-bond acceptors (Lipinski definition) is 3. The van der Waals surface area contributed by atoms with Crippen molar-refractivity contribution in [1.29, 1.82) is 0 Å². The Labute approximate surface area is 120 Å². The fourth-order valence-electron chi connectivity index (χ4n) is 2.95. The number of ether oxygens (including phenoxy) is 1. The molecule has 0 bridgehead atoms. The molecule has 0 atom stereocenters. The smallest absolute Gasteiger partial charge is 0.229 e. The van der Waals surface area contributed by atoms with Crippen molar-refractivity contribution in [2.45, 2.75) is 20.3 Å². The Morgan fingerprint density at radius 3 is 2.65 bits per heavy atom. The van der Waals surface area contributed by atoms with Crippen LogP contribution in [0.3, 0.4) is 0 Å². The van der Waals surface area contributed by atoms with Crippen LogP contribution in [0.4, 0.5) is 11.4 Å². The highest BCUT2D eigenvalue weighted by Gasteiger charge is 2.26. The van der Waals surface area contributed by atoms with Crippen LogP contribution in [0.15, 0.2) is 18.2 Å². The van der Waals surface area contributed by atoms with Crippen LogP contribution in [0.5, 0.6) is 0 Å². The van der Waals surface area contributed by atoms with E-state index >= 15 is 0 Å². The third-order valence-electron chi connectivity index (χ3n) is 4.09. The van der Waals surface area contributed by atoms with Gasteiger partial charge in [0, 0.05) is 36.9 Å². The molecule has 1 fully saturated rings. The van der Waals surface area contributed by atoms with Gasteiger partial charge in [-0.15, -0.1) is 0 Å². The summed E-state index contributed by atoms with van der Waals surface area (Å²) in [6.07, 6.45) is 0.964. The SMILES string of the molecule is CC(C)C(=O)N1CCc2cc(N3CCOCC3)ccc21. The molecule has 2 heterocycles. The average molecular weight is 274 g/mol. The maximum atomic E-state index is 12.2. The number of hydrogen-bond donors (Lipinski definition) is 0. The number of carbonyl (C=O) groups is 1. The molecule has 0 saturated carbocycles. The van der Waals surface area contributed by atoms with E-state index in [2.05, 4.69) is 23.1 Å². The largest absolute Gasteiger partial charge is 0.378 e. The molecular formula is C16H22N2O2. The predicted molar refractivity (Wildman–Crippen MR) is 80.4 cm³/mol. The number of carbonyl (C=O) groups excluding carboxylic acids is 1. The van der Waals surface area contributed by atoms with Crippen molar-refractivity contribution < 1.29 is 9.53 Å². The molecule has 1 aromatic carbocycles. The van der Waals surface area contributed by atoms with Crippen molar-refractivity contribution in [3.05, 3.63) is 23.8 Å². The van der Waals surface area contributed by atoms with Crippen LogP contribution in [0.25, 0.3) is 0 Å². The first-order chi connectivity index (χ1) is 9.66. The highest BCUT2D eigenvalue weighted by Crippen LogP contribution is 2.32. The van der Waals surface area contributed by atoms with Crippen LogP contribution in [0.2, 0.25) is 0 Å². The number of anilines is 2. The zero-order chi connectivity index (χ0) is 14.1. The van der Waals surface area contributed by atoms with Crippen LogP contribution in [-0.4, -0.2) is 38.8 Å². The van der Waals surface area contributed by atoms with Crippen molar-refractivity contribution in [3.63, 3.8) is 0 Å². The van der Waals surface area contributed by atoms with E-state index in [0.29, 0.717) is 0 Å². The normalized spacial score (nSPS) is 18.6. The van der Waals surface area contributed by atoms with Gasteiger partial charge in [0.1, 0.15) is 0 Å². The lowest BCUT2D eigenvalue weighted by atomic mass is 10.1. The molecule has 2 aliphatic rings. The molecule has 3 rings (SSSR count). The zero-order valence-electron chi connectivity index (χ0n) is 12.3. The maximum absolute atomic E-state index is 12.2. The molecule has 0 spiro atoms.